The second-order valence-electron chi connectivity index (χ2n) is 5.74. The van der Waals surface area contributed by atoms with E-state index in [1.54, 1.807) is 0 Å². The van der Waals surface area contributed by atoms with Gasteiger partial charge in [0.25, 0.3) is 0 Å². The summed E-state index contributed by atoms with van der Waals surface area (Å²) in [7, 11) is 0. The first-order valence-corrected chi connectivity index (χ1v) is 6.80. The van der Waals surface area contributed by atoms with Crippen LogP contribution in [0, 0.1) is 11.8 Å². The molecule has 0 aromatic heterocycles. The molecule has 0 radical (unpaired) electrons. The number of aliphatic hydroxyl groups excluding tert-OH is 1. The lowest BCUT2D eigenvalue weighted by molar-refractivity contribution is -0.141. The van der Waals surface area contributed by atoms with Crippen molar-refractivity contribution in [3.63, 3.8) is 0 Å². The van der Waals surface area contributed by atoms with Gasteiger partial charge in [0.2, 0.25) is 5.91 Å². The SMILES string of the molecule is CC1CCC(N)CC1C(=O)N1CCCC(O)C1. The number of hydrogen-bond donors (Lipinski definition) is 2. The van der Waals surface area contributed by atoms with E-state index in [4.69, 9.17) is 5.73 Å². The number of rotatable bonds is 1. The molecule has 1 amide bonds. The summed E-state index contributed by atoms with van der Waals surface area (Å²) in [5.41, 5.74) is 5.96. The van der Waals surface area contributed by atoms with E-state index in [2.05, 4.69) is 6.92 Å². The summed E-state index contributed by atoms with van der Waals surface area (Å²) in [5, 5.41) is 9.63. The van der Waals surface area contributed by atoms with Crippen LogP contribution in [0.15, 0.2) is 0 Å². The van der Waals surface area contributed by atoms with Gasteiger partial charge in [-0.3, -0.25) is 4.79 Å². The summed E-state index contributed by atoms with van der Waals surface area (Å²) in [6.45, 7) is 3.46. The third-order valence-electron chi connectivity index (χ3n) is 4.26. The normalized spacial score (nSPS) is 39.1. The first kappa shape index (κ1) is 12.8. The first-order valence-electron chi connectivity index (χ1n) is 6.80. The minimum Gasteiger partial charge on any atom is -0.391 e. The van der Waals surface area contributed by atoms with Gasteiger partial charge in [-0.15, -0.1) is 0 Å². The molecule has 0 aromatic carbocycles. The fourth-order valence-electron chi connectivity index (χ4n) is 3.09. The molecule has 3 N–H and O–H groups in total. The van der Waals surface area contributed by atoms with Crippen LogP contribution in [0.2, 0.25) is 0 Å². The van der Waals surface area contributed by atoms with E-state index in [-0.39, 0.29) is 24.0 Å². The molecule has 1 saturated heterocycles. The molecular formula is C13H24N2O2. The molecule has 0 aromatic rings. The van der Waals surface area contributed by atoms with E-state index >= 15 is 0 Å². The Balaban J connectivity index is 1.97. The molecule has 1 aliphatic heterocycles. The van der Waals surface area contributed by atoms with Gasteiger partial charge in [0.15, 0.2) is 0 Å². The van der Waals surface area contributed by atoms with Crippen LogP contribution in [0.1, 0.15) is 39.0 Å². The van der Waals surface area contributed by atoms with Crippen molar-refractivity contribution < 1.29 is 9.90 Å². The van der Waals surface area contributed by atoms with E-state index in [9.17, 15) is 9.90 Å². The topological polar surface area (TPSA) is 66.6 Å². The van der Waals surface area contributed by atoms with E-state index in [1.807, 2.05) is 4.90 Å². The molecule has 4 heteroatoms. The number of hydrogen-bond acceptors (Lipinski definition) is 3. The number of aliphatic hydroxyl groups is 1. The molecule has 98 valence electrons. The highest BCUT2D eigenvalue weighted by molar-refractivity contribution is 5.79. The van der Waals surface area contributed by atoms with E-state index in [0.29, 0.717) is 12.5 Å². The Morgan fingerprint density at radius 3 is 2.82 bits per heavy atom. The zero-order chi connectivity index (χ0) is 12.4. The molecule has 1 heterocycles. The van der Waals surface area contributed by atoms with E-state index < -0.39 is 0 Å². The zero-order valence-electron chi connectivity index (χ0n) is 10.6. The molecule has 4 atom stereocenters. The lowest BCUT2D eigenvalue weighted by Gasteiger charge is -2.38. The summed E-state index contributed by atoms with van der Waals surface area (Å²) in [5.74, 6) is 0.719. The number of likely N-dealkylation sites (tertiary alicyclic amines) is 1. The van der Waals surface area contributed by atoms with Crippen LogP contribution in [0.3, 0.4) is 0 Å². The molecule has 2 fully saturated rings. The fourth-order valence-corrected chi connectivity index (χ4v) is 3.09. The second kappa shape index (κ2) is 5.36. The standard InChI is InChI=1S/C13H24N2O2/c1-9-4-5-10(14)7-12(9)13(17)15-6-2-3-11(16)8-15/h9-12,16H,2-8,14H2,1H3. The van der Waals surface area contributed by atoms with Gasteiger partial charge >= 0.3 is 0 Å². The van der Waals surface area contributed by atoms with Crippen LogP contribution in [0.4, 0.5) is 0 Å². The number of carbonyl (C=O) groups excluding carboxylic acids is 1. The third-order valence-corrected chi connectivity index (χ3v) is 4.26. The van der Waals surface area contributed by atoms with Crippen LogP contribution in [0.25, 0.3) is 0 Å². The second-order valence-corrected chi connectivity index (χ2v) is 5.74. The molecule has 4 unspecified atom stereocenters. The average Bonchev–Trinajstić information content (AvgIpc) is 2.31. The highest BCUT2D eigenvalue weighted by Crippen LogP contribution is 2.31. The van der Waals surface area contributed by atoms with Gasteiger partial charge in [-0.1, -0.05) is 6.92 Å². The molecule has 2 aliphatic rings. The average molecular weight is 240 g/mol. The molecule has 1 aliphatic carbocycles. The van der Waals surface area contributed by atoms with Crippen LogP contribution < -0.4 is 5.73 Å². The Kier molecular flexibility index (Phi) is 4.05. The Hall–Kier alpha value is -0.610. The highest BCUT2D eigenvalue weighted by Gasteiger charge is 2.35. The third kappa shape index (κ3) is 2.99. The van der Waals surface area contributed by atoms with Gasteiger partial charge in [-0.05, 0) is 38.0 Å². The van der Waals surface area contributed by atoms with Crippen molar-refractivity contribution in [1.82, 2.24) is 4.90 Å². The number of nitrogens with zero attached hydrogens (tertiary/aromatic N) is 1. The van der Waals surface area contributed by atoms with Crippen molar-refractivity contribution in [2.45, 2.75) is 51.2 Å². The first-order chi connectivity index (χ1) is 8.08. The van der Waals surface area contributed by atoms with Crippen LogP contribution in [0.5, 0.6) is 0 Å². The Morgan fingerprint density at radius 1 is 1.35 bits per heavy atom. The van der Waals surface area contributed by atoms with Crippen molar-refractivity contribution in [3.8, 4) is 0 Å². The van der Waals surface area contributed by atoms with Crippen LogP contribution in [-0.2, 0) is 4.79 Å². The number of piperidine rings is 1. The monoisotopic (exact) mass is 240 g/mol. The minimum absolute atomic E-state index is 0.0732. The van der Waals surface area contributed by atoms with Crippen molar-refractivity contribution in [2.75, 3.05) is 13.1 Å². The summed E-state index contributed by atoms with van der Waals surface area (Å²) >= 11 is 0. The summed E-state index contributed by atoms with van der Waals surface area (Å²) < 4.78 is 0. The van der Waals surface area contributed by atoms with Crippen molar-refractivity contribution in [2.24, 2.45) is 17.6 Å². The van der Waals surface area contributed by atoms with Crippen molar-refractivity contribution in [1.29, 1.82) is 0 Å². The smallest absolute Gasteiger partial charge is 0.226 e. The van der Waals surface area contributed by atoms with E-state index in [1.165, 1.54) is 0 Å². The largest absolute Gasteiger partial charge is 0.391 e. The van der Waals surface area contributed by atoms with Gasteiger partial charge in [0.1, 0.15) is 0 Å². The van der Waals surface area contributed by atoms with Crippen molar-refractivity contribution >= 4 is 5.91 Å². The van der Waals surface area contributed by atoms with Gasteiger partial charge in [-0.2, -0.15) is 0 Å². The maximum Gasteiger partial charge on any atom is 0.226 e. The predicted molar refractivity (Wildman–Crippen MR) is 66.3 cm³/mol. The molecule has 1 saturated carbocycles. The molecule has 0 spiro atoms. The van der Waals surface area contributed by atoms with Gasteiger partial charge in [-0.25, -0.2) is 0 Å². The molecular weight excluding hydrogens is 216 g/mol. The van der Waals surface area contributed by atoms with Crippen LogP contribution >= 0.6 is 0 Å². The maximum atomic E-state index is 12.4. The number of amides is 1. The highest BCUT2D eigenvalue weighted by atomic mass is 16.3. The quantitative estimate of drug-likeness (QED) is 0.710. The predicted octanol–water partition coefficient (Wildman–Crippen LogP) is 0.733. The molecule has 17 heavy (non-hydrogen) atoms. The number of β-amino-alcohol motifs (C(OH)–C–C–N with tert-alkyl or cyclic N) is 1. The lowest BCUT2D eigenvalue weighted by Crippen LogP contribution is -2.48. The molecule has 2 rings (SSSR count). The van der Waals surface area contributed by atoms with Gasteiger partial charge in [0, 0.05) is 25.0 Å². The van der Waals surface area contributed by atoms with Crippen LogP contribution in [-0.4, -0.2) is 41.1 Å². The molecule has 0 bridgehead atoms. The Labute approximate surface area is 103 Å². The maximum absolute atomic E-state index is 12.4. The summed E-state index contributed by atoms with van der Waals surface area (Å²) in [6.07, 6.45) is 4.30. The summed E-state index contributed by atoms with van der Waals surface area (Å²) in [6, 6.07) is 0.176. The zero-order valence-corrected chi connectivity index (χ0v) is 10.6. The summed E-state index contributed by atoms with van der Waals surface area (Å²) in [4.78, 5) is 14.3. The van der Waals surface area contributed by atoms with E-state index in [0.717, 1.165) is 38.6 Å². The number of carbonyl (C=O) groups is 1. The Morgan fingerprint density at radius 2 is 2.12 bits per heavy atom. The lowest BCUT2D eigenvalue weighted by atomic mass is 9.77. The van der Waals surface area contributed by atoms with Gasteiger partial charge < -0.3 is 15.7 Å². The van der Waals surface area contributed by atoms with Gasteiger partial charge in [0.05, 0.1) is 6.10 Å². The minimum atomic E-state index is -0.333. The molecule has 4 nitrogen and oxygen atoms in total. The van der Waals surface area contributed by atoms with Crippen molar-refractivity contribution in [3.05, 3.63) is 0 Å². The fraction of sp³-hybridized carbons (Fsp3) is 0.923. The number of nitrogens with two attached hydrogens (primary N) is 1. The Bertz CT molecular complexity index is 283.